The molecule has 0 amide bonds. The summed E-state index contributed by atoms with van der Waals surface area (Å²) < 4.78 is 0. The fourth-order valence-corrected chi connectivity index (χ4v) is 2.54. The Morgan fingerprint density at radius 3 is 2.56 bits per heavy atom. The smallest absolute Gasteiger partial charge is 0.170 e. The highest BCUT2D eigenvalue weighted by molar-refractivity contribution is 5.97. The fraction of sp³-hybridized carbons (Fsp3) is 0.500. The van der Waals surface area contributed by atoms with Crippen LogP contribution >= 0.6 is 0 Å². The van der Waals surface area contributed by atoms with Crippen molar-refractivity contribution in [2.75, 3.05) is 18.0 Å². The van der Waals surface area contributed by atoms with Crippen molar-refractivity contribution in [3.05, 3.63) is 29.8 Å². The van der Waals surface area contributed by atoms with Crippen LogP contribution in [0, 0.1) is 5.41 Å². The number of nitrogens with zero attached hydrogens (tertiary/aromatic N) is 2. The zero-order chi connectivity index (χ0) is 13.2. The highest BCUT2D eigenvalue weighted by Gasteiger charge is 2.26. The fourth-order valence-electron chi connectivity index (χ4n) is 2.54. The number of piperidine rings is 1. The number of amidine groups is 1. The standard InChI is InChI=1S/C14H21N3O/c1-14(2)8-3-9-17(10-14)12-6-4-11(5-7-12)13(15)16-18/h4-7,18H,3,8-10H2,1-2H3,(H2,15,16). The van der Waals surface area contributed by atoms with Crippen LogP contribution in [0.2, 0.25) is 0 Å². The van der Waals surface area contributed by atoms with E-state index in [1.807, 2.05) is 24.3 Å². The molecule has 1 fully saturated rings. The molecule has 0 aromatic heterocycles. The Balaban J connectivity index is 2.14. The Morgan fingerprint density at radius 2 is 2.00 bits per heavy atom. The Hall–Kier alpha value is -1.71. The molecule has 1 aliphatic heterocycles. The minimum Gasteiger partial charge on any atom is -0.409 e. The molecule has 0 unspecified atom stereocenters. The van der Waals surface area contributed by atoms with Gasteiger partial charge in [-0.3, -0.25) is 0 Å². The van der Waals surface area contributed by atoms with Gasteiger partial charge in [0.15, 0.2) is 5.84 Å². The Morgan fingerprint density at radius 1 is 1.33 bits per heavy atom. The van der Waals surface area contributed by atoms with Gasteiger partial charge in [0, 0.05) is 24.3 Å². The zero-order valence-corrected chi connectivity index (χ0v) is 11.1. The van der Waals surface area contributed by atoms with Crippen molar-refractivity contribution >= 4 is 11.5 Å². The van der Waals surface area contributed by atoms with Gasteiger partial charge in [0.2, 0.25) is 0 Å². The SMILES string of the molecule is CC1(C)CCCN(c2ccc(C(N)=NO)cc2)C1. The first-order chi connectivity index (χ1) is 8.52. The molecule has 4 heteroatoms. The summed E-state index contributed by atoms with van der Waals surface area (Å²) >= 11 is 0. The maximum Gasteiger partial charge on any atom is 0.170 e. The second-order valence-corrected chi connectivity index (χ2v) is 5.72. The number of oxime groups is 1. The summed E-state index contributed by atoms with van der Waals surface area (Å²) in [5, 5.41) is 11.6. The first-order valence-corrected chi connectivity index (χ1v) is 6.35. The van der Waals surface area contributed by atoms with Crippen LogP contribution in [0.3, 0.4) is 0 Å². The lowest BCUT2D eigenvalue weighted by Gasteiger charge is -2.39. The molecule has 1 aromatic carbocycles. The van der Waals surface area contributed by atoms with E-state index in [4.69, 9.17) is 10.9 Å². The quantitative estimate of drug-likeness (QED) is 0.365. The lowest BCUT2D eigenvalue weighted by Crippen LogP contribution is -2.40. The summed E-state index contributed by atoms with van der Waals surface area (Å²) in [5.41, 5.74) is 7.88. The molecule has 98 valence electrons. The first-order valence-electron chi connectivity index (χ1n) is 6.35. The molecule has 1 heterocycles. The predicted molar refractivity (Wildman–Crippen MR) is 74.2 cm³/mol. The largest absolute Gasteiger partial charge is 0.409 e. The van der Waals surface area contributed by atoms with Gasteiger partial charge in [-0.2, -0.15) is 0 Å². The van der Waals surface area contributed by atoms with Crippen LogP contribution in [0.15, 0.2) is 29.4 Å². The van der Waals surface area contributed by atoms with Crippen LogP contribution in [-0.2, 0) is 0 Å². The van der Waals surface area contributed by atoms with Crippen LogP contribution in [0.5, 0.6) is 0 Å². The van der Waals surface area contributed by atoms with Crippen molar-refractivity contribution < 1.29 is 5.21 Å². The van der Waals surface area contributed by atoms with Gasteiger partial charge in [-0.05, 0) is 42.5 Å². The molecule has 2 rings (SSSR count). The van der Waals surface area contributed by atoms with Crippen molar-refractivity contribution in [1.82, 2.24) is 0 Å². The van der Waals surface area contributed by atoms with Crippen LogP contribution in [0.1, 0.15) is 32.3 Å². The summed E-state index contributed by atoms with van der Waals surface area (Å²) in [4.78, 5) is 2.40. The molecule has 0 aliphatic carbocycles. The molecule has 1 aliphatic rings. The van der Waals surface area contributed by atoms with E-state index in [0.717, 1.165) is 18.7 Å². The average molecular weight is 247 g/mol. The average Bonchev–Trinajstić information content (AvgIpc) is 2.37. The summed E-state index contributed by atoms with van der Waals surface area (Å²) in [6.45, 7) is 6.80. The Bertz CT molecular complexity index is 437. The summed E-state index contributed by atoms with van der Waals surface area (Å²) in [6.07, 6.45) is 2.51. The summed E-state index contributed by atoms with van der Waals surface area (Å²) in [5.74, 6) is 0.153. The van der Waals surface area contributed by atoms with Crippen molar-refractivity contribution in [3.8, 4) is 0 Å². The van der Waals surface area contributed by atoms with Crippen LogP contribution in [0.4, 0.5) is 5.69 Å². The minimum absolute atomic E-state index is 0.153. The molecule has 18 heavy (non-hydrogen) atoms. The van der Waals surface area contributed by atoms with E-state index in [1.54, 1.807) is 0 Å². The van der Waals surface area contributed by atoms with Crippen molar-refractivity contribution in [3.63, 3.8) is 0 Å². The van der Waals surface area contributed by atoms with Gasteiger partial charge in [0.05, 0.1) is 0 Å². The Kier molecular flexibility index (Phi) is 3.45. The maximum atomic E-state index is 8.63. The number of anilines is 1. The molecule has 0 spiro atoms. The van der Waals surface area contributed by atoms with Gasteiger partial charge in [-0.15, -0.1) is 0 Å². The predicted octanol–water partition coefficient (Wildman–Crippen LogP) is 2.41. The number of hydrogen-bond acceptors (Lipinski definition) is 3. The van der Waals surface area contributed by atoms with Crippen LogP contribution < -0.4 is 10.6 Å². The van der Waals surface area contributed by atoms with Crippen molar-refractivity contribution in [2.45, 2.75) is 26.7 Å². The van der Waals surface area contributed by atoms with E-state index in [2.05, 4.69) is 23.9 Å². The number of rotatable bonds is 2. The van der Waals surface area contributed by atoms with E-state index in [1.165, 1.54) is 18.5 Å². The third kappa shape index (κ3) is 2.75. The van der Waals surface area contributed by atoms with Gasteiger partial charge < -0.3 is 15.8 Å². The molecule has 0 radical (unpaired) electrons. The van der Waals surface area contributed by atoms with E-state index in [0.29, 0.717) is 5.41 Å². The zero-order valence-electron chi connectivity index (χ0n) is 11.1. The van der Waals surface area contributed by atoms with Gasteiger partial charge in [-0.1, -0.05) is 19.0 Å². The van der Waals surface area contributed by atoms with Gasteiger partial charge in [-0.25, -0.2) is 0 Å². The van der Waals surface area contributed by atoms with Gasteiger partial charge in [0.25, 0.3) is 0 Å². The van der Waals surface area contributed by atoms with Gasteiger partial charge in [0.1, 0.15) is 0 Å². The maximum absolute atomic E-state index is 8.63. The van der Waals surface area contributed by atoms with E-state index in [-0.39, 0.29) is 5.84 Å². The van der Waals surface area contributed by atoms with E-state index in [9.17, 15) is 0 Å². The van der Waals surface area contributed by atoms with Crippen molar-refractivity contribution in [1.29, 1.82) is 0 Å². The molecule has 1 aromatic rings. The highest BCUT2D eigenvalue weighted by Crippen LogP contribution is 2.31. The molecular formula is C14H21N3O. The minimum atomic E-state index is 0.153. The lowest BCUT2D eigenvalue weighted by molar-refractivity contribution is 0.293. The third-order valence-electron chi connectivity index (χ3n) is 3.54. The normalized spacial score (nSPS) is 19.9. The van der Waals surface area contributed by atoms with Crippen LogP contribution in [-0.4, -0.2) is 24.1 Å². The Labute approximate surface area is 108 Å². The van der Waals surface area contributed by atoms with E-state index < -0.39 is 0 Å². The van der Waals surface area contributed by atoms with E-state index >= 15 is 0 Å². The van der Waals surface area contributed by atoms with Crippen LogP contribution in [0.25, 0.3) is 0 Å². The lowest BCUT2D eigenvalue weighted by atomic mass is 9.84. The number of benzene rings is 1. The third-order valence-corrected chi connectivity index (χ3v) is 3.54. The van der Waals surface area contributed by atoms with Gasteiger partial charge >= 0.3 is 0 Å². The summed E-state index contributed by atoms with van der Waals surface area (Å²) in [6, 6.07) is 7.86. The molecule has 4 nitrogen and oxygen atoms in total. The first kappa shape index (κ1) is 12.7. The number of hydrogen-bond donors (Lipinski definition) is 2. The van der Waals surface area contributed by atoms with Crippen molar-refractivity contribution in [2.24, 2.45) is 16.3 Å². The molecule has 3 N–H and O–H groups in total. The molecule has 0 bridgehead atoms. The molecule has 0 saturated carbocycles. The molecule has 0 atom stereocenters. The topological polar surface area (TPSA) is 61.8 Å². The highest BCUT2D eigenvalue weighted by atomic mass is 16.4. The monoisotopic (exact) mass is 247 g/mol. The molecule has 1 saturated heterocycles. The summed E-state index contributed by atoms with van der Waals surface area (Å²) in [7, 11) is 0. The second kappa shape index (κ2) is 4.88. The number of nitrogens with two attached hydrogens (primary N) is 1. The second-order valence-electron chi connectivity index (χ2n) is 5.72. The molecular weight excluding hydrogens is 226 g/mol.